The lowest BCUT2D eigenvalue weighted by atomic mass is 10.0. The van der Waals surface area contributed by atoms with Crippen molar-refractivity contribution in [3.05, 3.63) is 75.8 Å². The third-order valence-electron chi connectivity index (χ3n) is 3.96. The van der Waals surface area contributed by atoms with Crippen LogP contribution in [0.2, 0.25) is 0 Å². The third kappa shape index (κ3) is 2.38. The second kappa shape index (κ2) is 5.94. The van der Waals surface area contributed by atoms with E-state index < -0.39 is 17.8 Å². The topological polar surface area (TPSA) is 91.0 Å². The molecule has 2 aromatic rings. The SMILES string of the molecule is COP(=O)(OC)[C@@]1(c2ccc([N+](=O)[O-])cc2)N=C1c1ccccc1. The Balaban J connectivity index is 2.09. The molecule has 1 aliphatic heterocycles. The predicted molar refractivity (Wildman–Crippen MR) is 89.4 cm³/mol. The van der Waals surface area contributed by atoms with Gasteiger partial charge in [-0.05, 0) is 23.3 Å². The molecular formula is C16H15N2O5P. The van der Waals surface area contributed by atoms with Gasteiger partial charge in [-0.25, -0.2) is 0 Å². The molecule has 0 N–H and O–H groups in total. The van der Waals surface area contributed by atoms with E-state index in [1.807, 2.05) is 30.3 Å². The third-order valence-corrected chi connectivity index (χ3v) is 6.28. The molecule has 2 aromatic carbocycles. The molecule has 0 saturated heterocycles. The molecular weight excluding hydrogens is 331 g/mol. The minimum Gasteiger partial charge on any atom is -0.310 e. The fraction of sp³-hybridized carbons (Fsp3) is 0.188. The maximum Gasteiger partial charge on any atom is 0.368 e. The Labute approximate surface area is 138 Å². The summed E-state index contributed by atoms with van der Waals surface area (Å²) in [4.78, 5) is 14.8. The van der Waals surface area contributed by atoms with Crippen LogP contribution in [0.4, 0.5) is 5.69 Å². The summed E-state index contributed by atoms with van der Waals surface area (Å²) in [6, 6.07) is 15.0. The molecule has 0 aromatic heterocycles. The van der Waals surface area contributed by atoms with Gasteiger partial charge in [0, 0.05) is 26.4 Å². The van der Waals surface area contributed by atoms with E-state index in [-0.39, 0.29) is 5.69 Å². The molecule has 1 atom stereocenters. The van der Waals surface area contributed by atoms with E-state index in [2.05, 4.69) is 4.99 Å². The van der Waals surface area contributed by atoms with Crippen LogP contribution in [0.25, 0.3) is 0 Å². The fourth-order valence-electron chi connectivity index (χ4n) is 2.70. The van der Waals surface area contributed by atoms with Gasteiger partial charge in [-0.15, -0.1) is 0 Å². The number of rotatable bonds is 6. The van der Waals surface area contributed by atoms with Gasteiger partial charge in [0.1, 0.15) is 0 Å². The molecule has 124 valence electrons. The Morgan fingerprint density at radius 2 is 1.62 bits per heavy atom. The van der Waals surface area contributed by atoms with Crippen molar-refractivity contribution in [1.82, 2.24) is 0 Å². The summed E-state index contributed by atoms with van der Waals surface area (Å²) >= 11 is 0. The Bertz CT molecular complexity index is 843. The van der Waals surface area contributed by atoms with Crippen LogP contribution in [-0.2, 0) is 18.9 Å². The highest BCUT2D eigenvalue weighted by Gasteiger charge is 2.64. The average Bonchev–Trinajstić information content (AvgIpc) is 3.39. The van der Waals surface area contributed by atoms with Gasteiger partial charge in [-0.3, -0.25) is 19.7 Å². The highest BCUT2D eigenvalue weighted by molar-refractivity contribution is 7.57. The van der Waals surface area contributed by atoms with Crippen molar-refractivity contribution in [1.29, 1.82) is 0 Å². The number of nitrogens with zero attached hydrogens (tertiary/aromatic N) is 2. The summed E-state index contributed by atoms with van der Waals surface area (Å²) in [7, 11) is -1.03. The first-order chi connectivity index (χ1) is 11.5. The van der Waals surface area contributed by atoms with E-state index in [1.165, 1.54) is 38.5 Å². The van der Waals surface area contributed by atoms with E-state index in [4.69, 9.17) is 9.05 Å². The first-order valence-corrected chi connectivity index (χ1v) is 8.65. The van der Waals surface area contributed by atoms with Gasteiger partial charge in [-0.2, -0.15) is 0 Å². The lowest BCUT2D eigenvalue weighted by Gasteiger charge is -2.24. The summed E-state index contributed by atoms with van der Waals surface area (Å²) < 4.78 is 23.5. The number of non-ortho nitro benzene ring substituents is 1. The van der Waals surface area contributed by atoms with Crippen LogP contribution in [0, 0.1) is 10.1 Å². The van der Waals surface area contributed by atoms with Crippen molar-refractivity contribution in [2.75, 3.05) is 14.2 Å². The minimum atomic E-state index is -3.63. The maximum absolute atomic E-state index is 13.1. The van der Waals surface area contributed by atoms with Crippen LogP contribution in [0.15, 0.2) is 59.6 Å². The largest absolute Gasteiger partial charge is 0.368 e. The molecule has 24 heavy (non-hydrogen) atoms. The van der Waals surface area contributed by atoms with Crippen molar-refractivity contribution in [2.45, 2.75) is 5.28 Å². The smallest absolute Gasteiger partial charge is 0.310 e. The highest BCUT2D eigenvalue weighted by Crippen LogP contribution is 2.72. The Hall–Kier alpha value is -2.34. The molecule has 1 aliphatic rings. The van der Waals surface area contributed by atoms with Gasteiger partial charge in [0.05, 0.1) is 10.6 Å². The zero-order valence-corrected chi connectivity index (χ0v) is 14.0. The number of hydrogen-bond acceptors (Lipinski definition) is 6. The van der Waals surface area contributed by atoms with Crippen LogP contribution in [0.5, 0.6) is 0 Å². The predicted octanol–water partition coefficient (Wildman–Crippen LogP) is 3.74. The summed E-state index contributed by atoms with van der Waals surface area (Å²) in [6.45, 7) is 0. The minimum absolute atomic E-state index is 0.0551. The molecule has 7 nitrogen and oxygen atoms in total. The lowest BCUT2D eigenvalue weighted by Crippen LogP contribution is -2.20. The number of nitro benzene ring substituents is 1. The van der Waals surface area contributed by atoms with Crippen LogP contribution in [0.1, 0.15) is 11.1 Å². The van der Waals surface area contributed by atoms with Crippen LogP contribution >= 0.6 is 7.60 Å². The molecule has 0 spiro atoms. The molecule has 0 fully saturated rings. The quantitative estimate of drug-likeness (QED) is 0.451. The molecule has 3 rings (SSSR count). The zero-order chi connectivity index (χ0) is 17.4. The van der Waals surface area contributed by atoms with E-state index in [0.29, 0.717) is 11.3 Å². The van der Waals surface area contributed by atoms with Crippen LogP contribution < -0.4 is 0 Å². The monoisotopic (exact) mass is 346 g/mol. The van der Waals surface area contributed by atoms with E-state index in [9.17, 15) is 14.7 Å². The molecule has 0 radical (unpaired) electrons. The number of hydrogen-bond donors (Lipinski definition) is 0. The molecule has 0 amide bonds. The van der Waals surface area contributed by atoms with Gasteiger partial charge < -0.3 is 9.05 Å². The van der Waals surface area contributed by atoms with Gasteiger partial charge in [-0.1, -0.05) is 30.3 Å². The van der Waals surface area contributed by atoms with Crippen molar-refractivity contribution in [3.8, 4) is 0 Å². The lowest BCUT2D eigenvalue weighted by molar-refractivity contribution is -0.384. The summed E-state index contributed by atoms with van der Waals surface area (Å²) in [5.74, 6) is 0. The molecule has 0 saturated carbocycles. The zero-order valence-electron chi connectivity index (χ0n) is 13.1. The van der Waals surface area contributed by atoms with E-state index >= 15 is 0 Å². The standard InChI is InChI=1S/C16H15N2O5P/c1-22-24(21,23-2)16(13-8-10-14(11-9-13)18(19)20)15(17-16)12-6-4-3-5-7-12/h3-11H,1-2H3/t16-/m1/s1. The molecule has 0 unspecified atom stereocenters. The van der Waals surface area contributed by atoms with Crippen molar-refractivity contribution < 1.29 is 18.5 Å². The van der Waals surface area contributed by atoms with Gasteiger partial charge >= 0.3 is 7.60 Å². The highest BCUT2D eigenvalue weighted by atomic mass is 31.2. The summed E-state index contributed by atoms with van der Waals surface area (Å²) in [5.41, 5.74) is 1.84. The van der Waals surface area contributed by atoms with Gasteiger partial charge in [0.25, 0.3) is 5.69 Å². The van der Waals surface area contributed by atoms with Crippen molar-refractivity contribution in [2.24, 2.45) is 4.99 Å². The molecule has 8 heteroatoms. The number of aliphatic imine (C=N–C) groups is 1. The van der Waals surface area contributed by atoms with Crippen LogP contribution in [0.3, 0.4) is 0 Å². The van der Waals surface area contributed by atoms with Gasteiger partial charge in [0.2, 0.25) is 5.28 Å². The Morgan fingerprint density at radius 1 is 1.04 bits per heavy atom. The summed E-state index contributed by atoms with van der Waals surface area (Å²) in [5, 5.41) is 9.57. The fourth-order valence-corrected chi connectivity index (χ4v) is 4.45. The second-order valence-electron chi connectivity index (χ2n) is 5.17. The first-order valence-electron chi connectivity index (χ1n) is 7.11. The average molecular weight is 346 g/mol. The normalized spacial score (nSPS) is 19.7. The number of nitro groups is 1. The molecule has 0 aliphatic carbocycles. The maximum atomic E-state index is 13.1. The molecule has 0 bridgehead atoms. The van der Waals surface area contributed by atoms with Crippen molar-refractivity contribution >= 4 is 19.0 Å². The molecule has 1 heterocycles. The number of benzene rings is 2. The van der Waals surface area contributed by atoms with Crippen molar-refractivity contribution in [3.63, 3.8) is 0 Å². The van der Waals surface area contributed by atoms with Gasteiger partial charge in [0.15, 0.2) is 0 Å². The summed E-state index contributed by atoms with van der Waals surface area (Å²) in [6.07, 6.45) is 0. The second-order valence-corrected chi connectivity index (χ2v) is 7.54. The van der Waals surface area contributed by atoms with E-state index in [1.54, 1.807) is 0 Å². The van der Waals surface area contributed by atoms with Crippen LogP contribution in [-0.4, -0.2) is 24.9 Å². The Morgan fingerprint density at radius 3 is 2.12 bits per heavy atom. The Kier molecular flexibility index (Phi) is 4.09. The first kappa shape index (κ1) is 16.5. The van der Waals surface area contributed by atoms with E-state index in [0.717, 1.165) is 5.56 Å².